The largest absolute Gasteiger partial charge is 0.493 e. The number of rotatable bonds is 9. The number of carbonyl (C=O) groups is 2. The average molecular weight is 441 g/mol. The van der Waals surface area contributed by atoms with Gasteiger partial charge in [-0.05, 0) is 43.7 Å². The minimum absolute atomic E-state index is 0.0315. The summed E-state index contributed by atoms with van der Waals surface area (Å²) in [4.78, 5) is 28.7. The fourth-order valence-electron chi connectivity index (χ4n) is 2.86. The normalized spacial score (nSPS) is 10.4. The van der Waals surface area contributed by atoms with E-state index in [-0.39, 0.29) is 19.1 Å². The van der Waals surface area contributed by atoms with Gasteiger partial charge in [0.25, 0.3) is 5.91 Å². The summed E-state index contributed by atoms with van der Waals surface area (Å²) in [5, 5.41) is 5.19. The lowest BCUT2D eigenvalue weighted by atomic mass is 10.1. The van der Waals surface area contributed by atoms with Gasteiger partial charge in [0.1, 0.15) is 18.2 Å². The van der Waals surface area contributed by atoms with E-state index >= 15 is 0 Å². The molecule has 0 saturated heterocycles. The highest BCUT2D eigenvalue weighted by atomic mass is 32.1. The summed E-state index contributed by atoms with van der Waals surface area (Å²) in [6.45, 7) is 4.13. The SMILES string of the molecule is CCOc1ccc(-c2nc(COC(=O)CNC(=O)c3ccccc3C)cs2)cc1OC. The van der Waals surface area contributed by atoms with Crippen LogP contribution in [0.5, 0.6) is 11.5 Å². The number of esters is 1. The Balaban J connectivity index is 1.54. The van der Waals surface area contributed by atoms with E-state index in [9.17, 15) is 9.59 Å². The molecule has 0 saturated carbocycles. The standard InChI is InChI=1S/C23H24N2O5S/c1-4-29-19-10-9-16(11-20(19)28-3)23-25-17(14-31-23)13-30-21(26)12-24-22(27)18-8-6-5-7-15(18)2/h5-11,14H,4,12-13H2,1-3H3,(H,24,27). The molecule has 1 aromatic heterocycles. The lowest BCUT2D eigenvalue weighted by molar-refractivity contribution is -0.143. The molecule has 0 radical (unpaired) electrons. The van der Waals surface area contributed by atoms with Gasteiger partial charge in [-0.25, -0.2) is 4.98 Å². The second kappa shape index (κ2) is 10.6. The highest BCUT2D eigenvalue weighted by Gasteiger charge is 2.13. The van der Waals surface area contributed by atoms with Gasteiger partial charge in [0, 0.05) is 16.5 Å². The summed E-state index contributed by atoms with van der Waals surface area (Å²) < 4.78 is 16.1. The van der Waals surface area contributed by atoms with Crippen LogP contribution in [0.2, 0.25) is 0 Å². The van der Waals surface area contributed by atoms with Crippen LogP contribution in [0.1, 0.15) is 28.5 Å². The van der Waals surface area contributed by atoms with Crippen molar-refractivity contribution in [3.8, 4) is 22.1 Å². The molecule has 0 atom stereocenters. The van der Waals surface area contributed by atoms with Crippen molar-refractivity contribution in [3.05, 3.63) is 64.7 Å². The highest BCUT2D eigenvalue weighted by molar-refractivity contribution is 7.13. The van der Waals surface area contributed by atoms with E-state index in [1.165, 1.54) is 11.3 Å². The van der Waals surface area contributed by atoms with E-state index in [4.69, 9.17) is 14.2 Å². The minimum Gasteiger partial charge on any atom is -0.493 e. The first-order chi connectivity index (χ1) is 15.0. The summed E-state index contributed by atoms with van der Waals surface area (Å²) in [7, 11) is 1.59. The molecule has 3 aromatic rings. The number of nitrogens with zero attached hydrogens (tertiary/aromatic N) is 1. The zero-order valence-corrected chi connectivity index (χ0v) is 18.5. The number of carbonyl (C=O) groups excluding carboxylic acids is 2. The number of amides is 1. The van der Waals surface area contributed by atoms with Crippen molar-refractivity contribution in [2.75, 3.05) is 20.3 Å². The second-order valence-electron chi connectivity index (χ2n) is 6.60. The van der Waals surface area contributed by atoms with Gasteiger partial charge >= 0.3 is 5.97 Å². The molecule has 162 valence electrons. The summed E-state index contributed by atoms with van der Waals surface area (Å²) in [5.41, 5.74) is 2.89. The molecular formula is C23H24N2O5S. The molecule has 0 spiro atoms. The smallest absolute Gasteiger partial charge is 0.325 e. The number of ether oxygens (including phenoxy) is 3. The molecule has 31 heavy (non-hydrogen) atoms. The van der Waals surface area contributed by atoms with Crippen molar-refractivity contribution >= 4 is 23.2 Å². The van der Waals surface area contributed by atoms with Crippen LogP contribution < -0.4 is 14.8 Å². The van der Waals surface area contributed by atoms with Gasteiger partial charge in [0.05, 0.1) is 19.4 Å². The van der Waals surface area contributed by atoms with E-state index < -0.39 is 5.97 Å². The van der Waals surface area contributed by atoms with Crippen molar-refractivity contribution < 1.29 is 23.8 Å². The van der Waals surface area contributed by atoms with Crippen LogP contribution in [-0.2, 0) is 16.1 Å². The Morgan fingerprint density at radius 3 is 2.68 bits per heavy atom. The van der Waals surface area contributed by atoms with Gasteiger partial charge in [0.15, 0.2) is 11.5 Å². The van der Waals surface area contributed by atoms with Crippen LogP contribution in [0.25, 0.3) is 10.6 Å². The zero-order chi connectivity index (χ0) is 22.2. The third kappa shape index (κ3) is 5.82. The maximum atomic E-state index is 12.2. The number of thiazole rings is 1. The van der Waals surface area contributed by atoms with Gasteiger partial charge in [-0.1, -0.05) is 18.2 Å². The van der Waals surface area contributed by atoms with Crippen LogP contribution in [-0.4, -0.2) is 37.1 Å². The van der Waals surface area contributed by atoms with Crippen LogP contribution in [0.15, 0.2) is 47.8 Å². The molecule has 1 heterocycles. The van der Waals surface area contributed by atoms with E-state index in [1.807, 2.05) is 49.6 Å². The predicted molar refractivity (Wildman–Crippen MR) is 119 cm³/mol. The molecular weight excluding hydrogens is 416 g/mol. The first-order valence-corrected chi connectivity index (χ1v) is 10.6. The summed E-state index contributed by atoms with van der Waals surface area (Å²) >= 11 is 1.44. The number of hydrogen-bond donors (Lipinski definition) is 1. The van der Waals surface area contributed by atoms with Gasteiger partial charge in [-0.15, -0.1) is 11.3 Å². The van der Waals surface area contributed by atoms with E-state index in [1.54, 1.807) is 19.2 Å². The van der Waals surface area contributed by atoms with Crippen LogP contribution in [0.3, 0.4) is 0 Å². The van der Waals surface area contributed by atoms with Crippen molar-refractivity contribution in [2.45, 2.75) is 20.5 Å². The Morgan fingerprint density at radius 2 is 1.94 bits per heavy atom. The maximum absolute atomic E-state index is 12.2. The van der Waals surface area contributed by atoms with E-state index in [0.29, 0.717) is 29.4 Å². The fraction of sp³-hybridized carbons (Fsp3) is 0.261. The van der Waals surface area contributed by atoms with E-state index in [0.717, 1.165) is 16.1 Å². The number of benzene rings is 2. The topological polar surface area (TPSA) is 86.8 Å². The quantitative estimate of drug-likeness (QED) is 0.506. The van der Waals surface area contributed by atoms with Crippen molar-refractivity contribution in [3.63, 3.8) is 0 Å². The number of methoxy groups -OCH3 is 1. The van der Waals surface area contributed by atoms with E-state index in [2.05, 4.69) is 10.3 Å². The molecule has 0 aliphatic carbocycles. The lowest BCUT2D eigenvalue weighted by Gasteiger charge is -2.10. The van der Waals surface area contributed by atoms with Crippen molar-refractivity contribution in [1.82, 2.24) is 10.3 Å². The second-order valence-corrected chi connectivity index (χ2v) is 7.46. The van der Waals surface area contributed by atoms with Gasteiger partial charge in [0.2, 0.25) is 0 Å². The molecule has 0 fully saturated rings. The highest BCUT2D eigenvalue weighted by Crippen LogP contribution is 2.33. The Hall–Kier alpha value is -3.39. The fourth-order valence-corrected chi connectivity index (χ4v) is 3.66. The Kier molecular flexibility index (Phi) is 7.61. The third-order valence-corrected chi connectivity index (χ3v) is 5.37. The monoisotopic (exact) mass is 440 g/mol. The molecule has 2 aromatic carbocycles. The van der Waals surface area contributed by atoms with Gasteiger partial charge in [-0.3, -0.25) is 9.59 Å². The molecule has 1 N–H and O–H groups in total. The molecule has 0 bridgehead atoms. The molecule has 1 amide bonds. The first kappa shape index (κ1) is 22.3. The Morgan fingerprint density at radius 1 is 1.13 bits per heavy atom. The molecule has 0 aliphatic rings. The van der Waals surface area contributed by atoms with Crippen molar-refractivity contribution in [2.24, 2.45) is 0 Å². The zero-order valence-electron chi connectivity index (χ0n) is 17.6. The Bertz CT molecular complexity index is 1060. The Labute approximate surface area is 185 Å². The third-order valence-electron chi connectivity index (χ3n) is 4.43. The summed E-state index contributed by atoms with van der Waals surface area (Å²) in [6, 6.07) is 12.8. The first-order valence-electron chi connectivity index (χ1n) is 9.77. The van der Waals surface area contributed by atoms with Crippen LogP contribution in [0.4, 0.5) is 0 Å². The summed E-state index contributed by atoms with van der Waals surface area (Å²) in [5.74, 6) is 0.466. The van der Waals surface area contributed by atoms with Crippen LogP contribution >= 0.6 is 11.3 Å². The average Bonchev–Trinajstić information content (AvgIpc) is 3.26. The molecule has 0 unspecified atom stereocenters. The van der Waals surface area contributed by atoms with Gasteiger partial charge < -0.3 is 19.5 Å². The number of aryl methyl sites for hydroxylation is 1. The molecule has 8 heteroatoms. The number of aromatic nitrogens is 1. The molecule has 7 nitrogen and oxygen atoms in total. The number of nitrogens with one attached hydrogen (secondary N) is 1. The number of hydrogen-bond acceptors (Lipinski definition) is 7. The summed E-state index contributed by atoms with van der Waals surface area (Å²) in [6.07, 6.45) is 0. The van der Waals surface area contributed by atoms with Gasteiger partial charge in [-0.2, -0.15) is 0 Å². The van der Waals surface area contributed by atoms with Crippen LogP contribution in [0, 0.1) is 6.92 Å². The molecule has 3 rings (SSSR count). The minimum atomic E-state index is -0.528. The molecule has 0 aliphatic heterocycles. The predicted octanol–water partition coefficient (Wildman–Crippen LogP) is 4.00. The maximum Gasteiger partial charge on any atom is 0.325 e. The van der Waals surface area contributed by atoms with Crippen molar-refractivity contribution in [1.29, 1.82) is 0 Å². The lowest BCUT2D eigenvalue weighted by Crippen LogP contribution is -2.31.